The van der Waals surface area contributed by atoms with Gasteiger partial charge in [-0.2, -0.15) is 10.6 Å². The first-order valence-corrected chi connectivity index (χ1v) is 5.80. The molecule has 0 radical (unpaired) electrons. The first-order valence-electron chi connectivity index (χ1n) is 5.80. The van der Waals surface area contributed by atoms with E-state index in [0.717, 1.165) is 12.3 Å². The van der Waals surface area contributed by atoms with Crippen molar-refractivity contribution in [3.8, 4) is 0 Å². The van der Waals surface area contributed by atoms with Gasteiger partial charge >= 0.3 is 0 Å². The Balaban J connectivity index is 2.62. The number of nitrogens with zero attached hydrogens (tertiary/aromatic N) is 2. The maximum atomic E-state index is 5.44. The topological polar surface area (TPSA) is 39.1 Å². The third-order valence-corrected chi connectivity index (χ3v) is 2.67. The van der Waals surface area contributed by atoms with Crippen molar-refractivity contribution >= 4 is 0 Å². The zero-order valence-electron chi connectivity index (χ0n) is 11.2. The van der Waals surface area contributed by atoms with Crippen LogP contribution in [0.5, 0.6) is 0 Å². The summed E-state index contributed by atoms with van der Waals surface area (Å²) in [6.07, 6.45) is 0. The summed E-state index contributed by atoms with van der Waals surface area (Å²) in [4.78, 5) is 5.44. The molecule has 4 heteroatoms. The molecule has 4 nitrogen and oxygen atoms in total. The van der Waals surface area contributed by atoms with Gasteiger partial charge in [0.1, 0.15) is 0 Å². The first-order chi connectivity index (χ1) is 7.43. The molecule has 0 saturated heterocycles. The van der Waals surface area contributed by atoms with Gasteiger partial charge in [-0.3, -0.25) is 4.68 Å². The molecule has 1 rings (SSSR count). The Morgan fingerprint density at radius 2 is 1.94 bits per heavy atom. The second-order valence-electron chi connectivity index (χ2n) is 4.75. The molecule has 1 unspecified atom stereocenters. The monoisotopic (exact) mass is 225 g/mol. The molecule has 92 valence electrons. The lowest BCUT2D eigenvalue weighted by atomic mass is 10.1. The highest BCUT2D eigenvalue weighted by atomic mass is 16.6. The minimum atomic E-state index is 0.174. The predicted molar refractivity (Wildman–Crippen MR) is 65.0 cm³/mol. The lowest BCUT2D eigenvalue weighted by Crippen LogP contribution is -2.22. The van der Waals surface area contributed by atoms with E-state index in [1.54, 1.807) is 0 Å². The number of nitrogens with one attached hydrogen (secondary N) is 1. The van der Waals surface area contributed by atoms with Crippen molar-refractivity contribution < 1.29 is 4.84 Å². The number of aryl methyl sites for hydroxylation is 2. The summed E-state index contributed by atoms with van der Waals surface area (Å²) in [5.41, 5.74) is 6.55. The molecule has 1 aromatic heterocycles. The molecule has 1 heterocycles. The van der Waals surface area contributed by atoms with Gasteiger partial charge in [-0.25, -0.2) is 0 Å². The van der Waals surface area contributed by atoms with Gasteiger partial charge in [0.05, 0.1) is 18.3 Å². The highest BCUT2D eigenvalue weighted by Crippen LogP contribution is 2.20. The quantitative estimate of drug-likeness (QED) is 0.781. The number of hydrogen-bond donors (Lipinski definition) is 1. The zero-order chi connectivity index (χ0) is 12.3. The predicted octanol–water partition coefficient (Wildman–Crippen LogP) is 2.28. The Labute approximate surface area is 97.9 Å². The molecule has 16 heavy (non-hydrogen) atoms. The van der Waals surface area contributed by atoms with Crippen molar-refractivity contribution in [3.63, 3.8) is 0 Å². The largest absolute Gasteiger partial charge is 0.301 e. The Kier molecular flexibility index (Phi) is 4.50. The second-order valence-corrected chi connectivity index (χ2v) is 4.75. The SMILES string of the molecule is Cc1nn(C)c(C)c1C(C)NOCC(C)C. The molecule has 0 amide bonds. The summed E-state index contributed by atoms with van der Waals surface area (Å²) in [6, 6.07) is 0.174. The van der Waals surface area contributed by atoms with E-state index in [9.17, 15) is 0 Å². The van der Waals surface area contributed by atoms with E-state index in [4.69, 9.17) is 4.84 Å². The van der Waals surface area contributed by atoms with Crippen molar-refractivity contribution in [2.45, 2.75) is 40.7 Å². The van der Waals surface area contributed by atoms with Crippen LogP contribution in [0, 0.1) is 19.8 Å². The van der Waals surface area contributed by atoms with Crippen LogP contribution in [-0.4, -0.2) is 16.4 Å². The smallest absolute Gasteiger partial charge is 0.0705 e. The van der Waals surface area contributed by atoms with Gasteiger partial charge < -0.3 is 4.84 Å². The Hall–Kier alpha value is -0.870. The summed E-state index contributed by atoms with van der Waals surface area (Å²) in [7, 11) is 1.97. The van der Waals surface area contributed by atoms with Crippen LogP contribution in [0.15, 0.2) is 0 Å². The van der Waals surface area contributed by atoms with Crippen LogP contribution in [0.3, 0.4) is 0 Å². The molecular weight excluding hydrogens is 202 g/mol. The maximum Gasteiger partial charge on any atom is 0.0705 e. The minimum absolute atomic E-state index is 0.174. The van der Waals surface area contributed by atoms with Gasteiger partial charge in [-0.15, -0.1) is 0 Å². The molecule has 1 N–H and O–H groups in total. The summed E-state index contributed by atoms with van der Waals surface area (Å²) in [5, 5.41) is 4.40. The maximum absolute atomic E-state index is 5.44. The second kappa shape index (κ2) is 5.46. The van der Waals surface area contributed by atoms with Crippen molar-refractivity contribution in [2.75, 3.05) is 6.61 Å². The summed E-state index contributed by atoms with van der Waals surface area (Å²) in [5.74, 6) is 0.538. The lowest BCUT2D eigenvalue weighted by molar-refractivity contribution is 0.00384. The van der Waals surface area contributed by atoms with Crippen molar-refractivity contribution in [1.82, 2.24) is 15.3 Å². The van der Waals surface area contributed by atoms with Crippen LogP contribution in [0.2, 0.25) is 0 Å². The molecule has 0 fully saturated rings. The molecule has 0 spiro atoms. The summed E-state index contributed by atoms with van der Waals surface area (Å²) >= 11 is 0. The molecule has 0 aliphatic heterocycles. The van der Waals surface area contributed by atoms with E-state index in [0.29, 0.717) is 5.92 Å². The van der Waals surface area contributed by atoms with Crippen LogP contribution in [0.25, 0.3) is 0 Å². The molecule has 0 bridgehead atoms. The van der Waals surface area contributed by atoms with Crippen molar-refractivity contribution in [2.24, 2.45) is 13.0 Å². The minimum Gasteiger partial charge on any atom is -0.301 e. The van der Waals surface area contributed by atoms with E-state index in [1.807, 2.05) is 18.7 Å². The Bertz CT molecular complexity index is 344. The van der Waals surface area contributed by atoms with Gasteiger partial charge in [0.25, 0.3) is 0 Å². The van der Waals surface area contributed by atoms with Gasteiger partial charge in [0, 0.05) is 18.3 Å². The van der Waals surface area contributed by atoms with Crippen molar-refractivity contribution in [1.29, 1.82) is 0 Å². The average molecular weight is 225 g/mol. The standard InChI is InChI=1S/C12H23N3O/c1-8(2)7-16-14-10(4)12-9(3)13-15(6)11(12)5/h8,10,14H,7H2,1-6H3. The number of rotatable bonds is 5. The fourth-order valence-corrected chi connectivity index (χ4v) is 1.82. The Morgan fingerprint density at radius 3 is 2.38 bits per heavy atom. The highest BCUT2D eigenvalue weighted by Gasteiger charge is 2.16. The fourth-order valence-electron chi connectivity index (χ4n) is 1.82. The molecule has 0 aliphatic carbocycles. The lowest BCUT2D eigenvalue weighted by Gasteiger charge is -2.15. The van der Waals surface area contributed by atoms with Crippen LogP contribution in [0.4, 0.5) is 0 Å². The summed E-state index contributed by atoms with van der Waals surface area (Å²) in [6.45, 7) is 11.2. The van der Waals surface area contributed by atoms with Gasteiger partial charge in [0.15, 0.2) is 0 Å². The average Bonchev–Trinajstić information content (AvgIpc) is 2.40. The molecule has 0 aromatic carbocycles. The van der Waals surface area contributed by atoms with Crippen molar-refractivity contribution in [3.05, 3.63) is 17.0 Å². The first kappa shape index (κ1) is 13.2. The number of aromatic nitrogens is 2. The highest BCUT2D eigenvalue weighted by molar-refractivity contribution is 5.27. The van der Waals surface area contributed by atoms with Crippen LogP contribution < -0.4 is 5.48 Å². The van der Waals surface area contributed by atoms with Gasteiger partial charge in [-0.05, 0) is 26.7 Å². The van der Waals surface area contributed by atoms with Crippen LogP contribution in [0.1, 0.15) is 43.8 Å². The molecular formula is C12H23N3O. The van der Waals surface area contributed by atoms with E-state index in [1.165, 1.54) is 11.3 Å². The normalized spacial score (nSPS) is 13.4. The fraction of sp³-hybridized carbons (Fsp3) is 0.750. The van der Waals surface area contributed by atoms with E-state index >= 15 is 0 Å². The third-order valence-electron chi connectivity index (χ3n) is 2.67. The van der Waals surface area contributed by atoms with E-state index < -0.39 is 0 Å². The number of hydrogen-bond acceptors (Lipinski definition) is 3. The van der Waals surface area contributed by atoms with Crippen LogP contribution in [-0.2, 0) is 11.9 Å². The molecule has 0 saturated carbocycles. The molecule has 1 atom stereocenters. The van der Waals surface area contributed by atoms with Gasteiger partial charge in [-0.1, -0.05) is 13.8 Å². The molecule has 1 aromatic rings. The van der Waals surface area contributed by atoms with E-state index in [2.05, 4.69) is 38.3 Å². The van der Waals surface area contributed by atoms with E-state index in [-0.39, 0.29) is 6.04 Å². The summed E-state index contributed by atoms with van der Waals surface area (Å²) < 4.78 is 1.91. The molecule has 0 aliphatic rings. The van der Waals surface area contributed by atoms with Crippen LogP contribution >= 0.6 is 0 Å². The zero-order valence-corrected chi connectivity index (χ0v) is 11.2. The Morgan fingerprint density at radius 1 is 1.31 bits per heavy atom. The van der Waals surface area contributed by atoms with Gasteiger partial charge in [0.2, 0.25) is 0 Å². The third kappa shape index (κ3) is 3.06. The number of hydroxylamine groups is 1.